The highest BCUT2D eigenvalue weighted by Gasteiger charge is 2.38. The Morgan fingerprint density at radius 2 is 1.70 bits per heavy atom. The van der Waals surface area contributed by atoms with Gasteiger partial charge in [-0.25, -0.2) is 0 Å². The van der Waals surface area contributed by atoms with Gasteiger partial charge in [-0.15, -0.1) is 0 Å². The topological polar surface area (TPSA) is 27.7 Å². The smallest absolute Gasteiger partial charge is 0.181 e. The molecule has 0 saturated carbocycles. The second kappa shape index (κ2) is 10.1. The molecule has 27 heavy (non-hydrogen) atoms. The number of halogens is 3. The molecule has 1 aliphatic rings. The Bertz CT molecular complexity index is 635. The molecule has 1 saturated heterocycles. The number of hydrogen-bond acceptors (Lipinski definition) is 3. The standard InChI is InChI=1S/C21H31I3O3/c1-20(2,3)10-15-9-17(21(4,5)6)27-18(26-15)12-25-11-13-7-14(22)8-16(23)19(13)24/h7-8,15,17-18H,9-12H2,1-6H3. The van der Waals surface area contributed by atoms with Crippen LogP contribution >= 0.6 is 67.8 Å². The van der Waals surface area contributed by atoms with Gasteiger partial charge in [-0.1, -0.05) is 41.5 Å². The summed E-state index contributed by atoms with van der Waals surface area (Å²) in [6, 6.07) is 4.37. The summed E-state index contributed by atoms with van der Waals surface area (Å²) in [7, 11) is 0. The van der Waals surface area contributed by atoms with E-state index in [2.05, 4.69) is 121 Å². The second-order valence-corrected chi connectivity index (χ2v) is 13.0. The number of ether oxygens (including phenoxy) is 3. The van der Waals surface area contributed by atoms with Crippen LogP contribution in [-0.2, 0) is 20.8 Å². The molecule has 0 bridgehead atoms. The van der Waals surface area contributed by atoms with Crippen molar-refractivity contribution in [2.75, 3.05) is 6.61 Å². The zero-order valence-corrected chi connectivity index (χ0v) is 23.5. The Labute approximate surface area is 205 Å². The van der Waals surface area contributed by atoms with Gasteiger partial charge < -0.3 is 14.2 Å². The summed E-state index contributed by atoms with van der Waals surface area (Å²) in [5.41, 5.74) is 1.56. The van der Waals surface area contributed by atoms with Crippen molar-refractivity contribution >= 4 is 67.8 Å². The monoisotopic (exact) mass is 712 g/mol. The van der Waals surface area contributed by atoms with Crippen LogP contribution in [0.25, 0.3) is 0 Å². The highest BCUT2D eigenvalue weighted by molar-refractivity contribution is 14.1. The van der Waals surface area contributed by atoms with Crippen molar-refractivity contribution in [1.82, 2.24) is 0 Å². The van der Waals surface area contributed by atoms with E-state index in [0.717, 1.165) is 12.8 Å². The number of rotatable bonds is 5. The fraction of sp³-hybridized carbons (Fsp3) is 0.714. The van der Waals surface area contributed by atoms with Crippen LogP contribution in [0.3, 0.4) is 0 Å². The summed E-state index contributed by atoms with van der Waals surface area (Å²) in [5, 5.41) is 0. The van der Waals surface area contributed by atoms with E-state index in [1.54, 1.807) is 0 Å². The summed E-state index contributed by atoms with van der Waals surface area (Å²) in [4.78, 5) is 0. The third-order valence-electron chi connectivity index (χ3n) is 4.52. The predicted octanol–water partition coefficient (Wildman–Crippen LogP) is 7.00. The van der Waals surface area contributed by atoms with Gasteiger partial charge in [-0.3, -0.25) is 0 Å². The molecule has 2 rings (SSSR count). The van der Waals surface area contributed by atoms with Crippen LogP contribution in [-0.4, -0.2) is 25.1 Å². The fourth-order valence-corrected chi connectivity index (χ4v) is 5.64. The first-order valence-electron chi connectivity index (χ1n) is 9.37. The first kappa shape index (κ1) is 24.6. The lowest BCUT2D eigenvalue weighted by Crippen LogP contribution is -2.46. The van der Waals surface area contributed by atoms with E-state index in [-0.39, 0.29) is 29.3 Å². The average Bonchev–Trinajstić information content (AvgIpc) is 2.49. The maximum Gasteiger partial charge on any atom is 0.181 e. The molecule has 1 aromatic carbocycles. The van der Waals surface area contributed by atoms with E-state index in [0.29, 0.717) is 13.2 Å². The van der Waals surface area contributed by atoms with Crippen molar-refractivity contribution < 1.29 is 14.2 Å². The van der Waals surface area contributed by atoms with Crippen LogP contribution < -0.4 is 0 Å². The maximum atomic E-state index is 6.26. The minimum Gasteiger partial charge on any atom is -0.371 e. The van der Waals surface area contributed by atoms with Gasteiger partial charge in [0.15, 0.2) is 6.29 Å². The van der Waals surface area contributed by atoms with Gasteiger partial charge in [0.1, 0.15) is 0 Å². The van der Waals surface area contributed by atoms with E-state index in [1.807, 2.05) is 0 Å². The maximum absolute atomic E-state index is 6.26. The summed E-state index contributed by atoms with van der Waals surface area (Å²) < 4.78 is 22.3. The van der Waals surface area contributed by atoms with Crippen LogP contribution in [0.2, 0.25) is 0 Å². The largest absolute Gasteiger partial charge is 0.371 e. The van der Waals surface area contributed by atoms with E-state index < -0.39 is 0 Å². The summed E-state index contributed by atoms with van der Waals surface area (Å²) in [5.74, 6) is 0. The molecule has 1 aliphatic heterocycles. The molecule has 0 radical (unpaired) electrons. The normalized spacial score (nSPS) is 24.3. The van der Waals surface area contributed by atoms with Crippen LogP contribution in [0.5, 0.6) is 0 Å². The SMILES string of the molecule is CC(C)(C)CC1CC(C(C)(C)C)OC(COCc2cc(I)cc(I)c2I)O1. The minimum atomic E-state index is -0.296. The van der Waals surface area contributed by atoms with Gasteiger partial charge in [-0.2, -0.15) is 0 Å². The molecule has 154 valence electrons. The van der Waals surface area contributed by atoms with Crippen molar-refractivity contribution in [3.8, 4) is 0 Å². The van der Waals surface area contributed by atoms with E-state index in [4.69, 9.17) is 14.2 Å². The van der Waals surface area contributed by atoms with Crippen LogP contribution in [0.15, 0.2) is 12.1 Å². The molecule has 0 N–H and O–H groups in total. The lowest BCUT2D eigenvalue weighted by atomic mass is 9.81. The highest BCUT2D eigenvalue weighted by Crippen LogP contribution is 2.36. The Balaban J connectivity index is 1.99. The van der Waals surface area contributed by atoms with Gasteiger partial charge in [0.25, 0.3) is 0 Å². The van der Waals surface area contributed by atoms with Crippen molar-refractivity contribution in [3.05, 3.63) is 28.4 Å². The van der Waals surface area contributed by atoms with Gasteiger partial charge >= 0.3 is 0 Å². The molecule has 1 fully saturated rings. The summed E-state index contributed by atoms with van der Waals surface area (Å²) >= 11 is 7.13. The van der Waals surface area contributed by atoms with Crippen molar-refractivity contribution in [2.24, 2.45) is 10.8 Å². The molecular weight excluding hydrogens is 681 g/mol. The fourth-order valence-electron chi connectivity index (χ4n) is 3.21. The molecule has 1 aromatic rings. The molecule has 3 atom stereocenters. The van der Waals surface area contributed by atoms with Crippen molar-refractivity contribution in [2.45, 2.75) is 79.5 Å². The Morgan fingerprint density at radius 3 is 2.30 bits per heavy atom. The lowest BCUT2D eigenvalue weighted by molar-refractivity contribution is -0.280. The molecule has 1 heterocycles. The number of benzene rings is 1. The Hall–Kier alpha value is 1.29. The summed E-state index contributed by atoms with van der Waals surface area (Å²) in [6.45, 7) is 14.6. The predicted molar refractivity (Wildman–Crippen MR) is 136 cm³/mol. The number of hydrogen-bond donors (Lipinski definition) is 0. The molecule has 6 heteroatoms. The second-order valence-electron chi connectivity index (χ2n) is 9.55. The highest BCUT2D eigenvalue weighted by atomic mass is 127. The quantitative estimate of drug-likeness (QED) is 0.243. The first-order chi connectivity index (χ1) is 12.3. The van der Waals surface area contributed by atoms with Crippen LogP contribution in [0.4, 0.5) is 0 Å². The van der Waals surface area contributed by atoms with Gasteiger partial charge in [0.2, 0.25) is 0 Å². The first-order valence-corrected chi connectivity index (χ1v) is 12.6. The van der Waals surface area contributed by atoms with E-state index >= 15 is 0 Å². The molecule has 3 unspecified atom stereocenters. The van der Waals surface area contributed by atoms with E-state index in [1.165, 1.54) is 16.3 Å². The summed E-state index contributed by atoms with van der Waals surface area (Å²) in [6.07, 6.45) is 2.09. The van der Waals surface area contributed by atoms with Crippen molar-refractivity contribution in [3.63, 3.8) is 0 Å². The van der Waals surface area contributed by atoms with Crippen LogP contribution in [0, 0.1) is 21.5 Å². The molecule has 0 aromatic heterocycles. The minimum absolute atomic E-state index is 0.0964. The third-order valence-corrected chi connectivity index (χ3v) is 8.30. The average molecular weight is 712 g/mol. The Kier molecular flexibility index (Phi) is 9.15. The van der Waals surface area contributed by atoms with E-state index in [9.17, 15) is 0 Å². The zero-order chi connectivity index (χ0) is 20.4. The molecule has 0 amide bonds. The third kappa shape index (κ3) is 8.15. The van der Waals surface area contributed by atoms with Gasteiger partial charge in [-0.05, 0) is 103 Å². The molecule has 0 aliphatic carbocycles. The molecular formula is C21H31I3O3. The van der Waals surface area contributed by atoms with Crippen molar-refractivity contribution in [1.29, 1.82) is 0 Å². The van der Waals surface area contributed by atoms with Crippen LogP contribution in [0.1, 0.15) is 59.9 Å². The lowest BCUT2D eigenvalue weighted by Gasteiger charge is -2.43. The Morgan fingerprint density at radius 1 is 1.04 bits per heavy atom. The van der Waals surface area contributed by atoms with Gasteiger partial charge in [0, 0.05) is 17.1 Å². The van der Waals surface area contributed by atoms with Gasteiger partial charge in [0.05, 0.1) is 25.4 Å². The molecule has 3 nitrogen and oxygen atoms in total. The zero-order valence-electron chi connectivity index (χ0n) is 17.1. The molecule has 0 spiro atoms.